The van der Waals surface area contributed by atoms with E-state index in [1.807, 2.05) is 51.0 Å². The maximum Gasteiger partial charge on any atom is 0.200 e. The van der Waals surface area contributed by atoms with Crippen LogP contribution in [0.1, 0.15) is 20.3 Å². The van der Waals surface area contributed by atoms with E-state index in [1.54, 1.807) is 0 Å². The van der Waals surface area contributed by atoms with Crippen LogP contribution in [0, 0.1) is 0 Å². The summed E-state index contributed by atoms with van der Waals surface area (Å²) in [6.07, 6.45) is 1.02. The Morgan fingerprint density at radius 2 is 2.00 bits per heavy atom. The molecule has 8 heavy (non-hydrogen) atoms. The van der Waals surface area contributed by atoms with Crippen LogP contribution in [0.3, 0.4) is 0 Å². The average molecular weight is 358 g/mol. The van der Waals surface area contributed by atoms with Crippen molar-refractivity contribution < 1.29 is 4.57 Å². The fraction of sp³-hybridized carbons (Fsp3) is 1.00. The molecular weight excluding hydrogens is 349 g/mol. The summed E-state index contributed by atoms with van der Waals surface area (Å²) in [5, 5.41) is 0. The van der Waals surface area contributed by atoms with Crippen molar-refractivity contribution in [2.75, 3.05) is 0 Å². The van der Waals surface area contributed by atoms with Crippen molar-refractivity contribution in [2.24, 2.45) is 0 Å². The first-order valence-electron chi connectivity index (χ1n) is 2.47. The monoisotopic (exact) mass is 358 g/mol. The molecule has 0 bridgehead atoms. The van der Waals surface area contributed by atoms with E-state index in [1.165, 1.54) is 0 Å². The molecule has 0 heterocycles. The number of rotatable bonds is 2. The Bertz CT molecular complexity index is 109. The molecule has 0 rings (SSSR count). The van der Waals surface area contributed by atoms with Gasteiger partial charge in [0.2, 0.25) is 2.43 Å². The Balaban J connectivity index is 3.82. The molecule has 0 aliphatic heterocycles. The van der Waals surface area contributed by atoms with Gasteiger partial charge in [0, 0.05) is 49.7 Å². The lowest BCUT2D eigenvalue weighted by Gasteiger charge is -2.08. The zero-order valence-electron chi connectivity index (χ0n) is 4.90. The highest BCUT2D eigenvalue weighted by Gasteiger charge is 2.19. The van der Waals surface area contributed by atoms with Gasteiger partial charge in [-0.2, -0.15) is 0 Å². The van der Waals surface area contributed by atoms with Gasteiger partial charge < -0.3 is 4.57 Å². The van der Waals surface area contributed by atoms with Gasteiger partial charge in [-0.25, -0.2) is 0 Å². The van der Waals surface area contributed by atoms with Gasteiger partial charge in [0.15, 0.2) is 0 Å². The first-order valence-corrected chi connectivity index (χ1v) is 9.82. The Labute approximate surface area is 76.3 Å². The summed E-state index contributed by atoms with van der Waals surface area (Å²) in [6, 6.07) is 0. The molecule has 0 amide bonds. The van der Waals surface area contributed by atoms with E-state index in [0.29, 0.717) is 5.66 Å². The minimum absolute atomic E-state index is 0.378. The van der Waals surface area contributed by atoms with E-state index >= 15 is 0 Å². The molecule has 1 atom stereocenters. The van der Waals surface area contributed by atoms with Crippen molar-refractivity contribution in [1.82, 2.24) is 0 Å². The smallest absolute Gasteiger partial charge is 0.200 e. The van der Waals surface area contributed by atoms with Crippen molar-refractivity contribution in [3.63, 3.8) is 0 Å². The molecule has 0 aromatic heterocycles. The van der Waals surface area contributed by atoms with Crippen LogP contribution >= 0.6 is 46.5 Å². The molecule has 1 nitrogen and oxygen atoms in total. The van der Waals surface area contributed by atoms with Crippen molar-refractivity contribution in [2.45, 2.75) is 25.9 Å². The molecule has 0 radical (unpaired) electrons. The van der Waals surface area contributed by atoms with E-state index in [0.717, 1.165) is 6.42 Å². The minimum atomic E-state index is -1.82. The maximum absolute atomic E-state index is 11.1. The summed E-state index contributed by atoms with van der Waals surface area (Å²) in [5.74, 6) is 0. The predicted molar refractivity (Wildman–Crippen MR) is 55.4 cm³/mol. The van der Waals surface area contributed by atoms with Crippen LogP contribution in [0.4, 0.5) is 0 Å². The zero-order valence-corrected chi connectivity index (χ0v) is 10.1. The number of hydrogen-bond donors (Lipinski definition) is 0. The van der Waals surface area contributed by atoms with Crippen LogP contribution in [0.5, 0.6) is 0 Å². The molecule has 0 N–H and O–H groups in total. The van der Waals surface area contributed by atoms with Gasteiger partial charge in [-0.05, 0) is 6.42 Å². The first-order chi connectivity index (χ1) is 3.48. The fourth-order valence-electron chi connectivity index (χ4n) is 0.213. The SMILES string of the molecule is CCC(C)P(=O)(I)I. The number of halogens is 2. The van der Waals surface area contributed by atoms with Gasteiger partial charge in [-0.1, -0.05) is 13.8 Å². The summed E-state index contributed by atoms with van der Waals surface area (Å²) in [6.45, 7) is 4.09. The van der Waals surface area contributed by atoms with Crippen molar-refractivity contribution >= 4 is 46.5 Å². The van der Waals surface area contributed by atoms with E-state index in [9.17, 15) is 4.57 Å². The molecule has 0 aliphatic carbocycles. The zero-order chi connectivity index (χ0) is 6.78. The van der Waals surface area contributed by atoms with Gasteiger partial charge in [0.25, 0.3) is 0 Å². The van der Waals surface area contributed by atoms with Crippen LogP contribution in [0.25, 0.3) is 0 Å². The third kappa shape index (κ3) is 3.67. The minimum Gasteiger partial charge on any atom is -0.301 e. The Hall–Kier alpha value is 1.69. The van der Waals surface area contributed by atoms with E-state index < -0.39 is 2.43 Å². The van der Waals surface area contributed by atoms with E-state index in [2.05, 4.69) is 6.92 Å². The van der Waals surface area contributed by atoms with Crippen molar-refractivity contribution in [3.8, 4) is 0 Å². The molecule has 0 aromatic carbocycles. The lowest BCUT2D eigenvalue weighted by atomic mass is 10.4. The molecule has 1 unspecified atom stereocenters. The summed E-state index contributed by atoms with van der Waals surface area (Å²) in [7, 11) is 0. The van der Waals surface area contributed by atoms with Crippen LogP contribution in [0.2, 0.25) is 0 Å². The van der Waals surface area contributed by atoms with Gasteiger partial charge in [0.05, 0.1) is 0 Å². The second kappa shape index (κ2) is 3.76. The van der Waals surface area contributed by atoms with E-state index in [-0.39, 0.29) is 0 Å². The van der Waals surface area contributed by atoms with Crippen LogP contribution in [0.15, 0.2) is 0 Å². The maximum atomic E-state index is 11.1. The topological polar surface area (TPSA) is 17.1 Å². The van der Waals surface area contributed by atoms with Gasteiger partial charge >= 0.3 is 0 Å². The summed E-state index contributed by atoms with van der Waals surface area (Å²) < 4.78 is 9.30. The summed E-state index contributed by atoms with van der Waals surface area (Å²) in [4.78, 5) is 0. The largest absolute Gasteiger partial charge is 0.301 e. The second-order valence-electron chi connectivity index (χ2n) is 1.76. The Morgan fingerprint density at radius 1 is 1.62 bits per heavy atom. The average Bonchev–Trinajstić information content (AvgIpc) is 1.62. The van der Waals surface area contributed by atoms with Crippen LogP contribution < -0.4 is 0 Å². The van der Waals surface area contributed by atoms with Crippen molar-refractivity contribution in [3.05, 3.63) is 0 Å². The molecular formula is C4H9I2OP. The fourth-order valence-corrected chi connectivity index (χ4v) is 3.00. The van der Waals surface area contributed by atoms with E-state index in [4.69, 9.17) is 0 Å². The lowest BCUT2D eigenvalue weighted by molar-refractivity contribution is 0.588. The standard InChI is InChI=1S/C4H9I2OP/c1-3-4(2)8(5,6)7/h4H,3H2,1-2H3. The molecule has 0 aliphatic rings. The van der Waals surface area contributed by atoms with Gasteiger partial charge in [-0.3, -0.25) is 0 Å². The van der Waals surface area contributed by atoms with Crippen LogP contribution in [-0.2, 0) is 4.57 Å². The molecule has 0 fully saturated rings. The quantitative estimate of drug-likeness (QED) is 0.542. The van der Waals surface area contributed by atoms with Gasteiger partial charge in [0.1, 0.15) is 0 Å². The van der Waals surface area contributed by atoms with Gasteiger partial charge in [-0.15, -0.1) is 0 Å². The number of hydrogen-bond acceptors (Lipinski definition) is 1. The highest BCUT2D eigenvalue weighted by molar-refractivity contribution is 14.3. The lowest BCUT2D eigenvalue weighted by Crippen LogP contribution is -1.90. The molecule has 0 saturated heterocycles. The highest BCUT2D eigenvalue weighted by Crippen LogP contribution is 2.67. The first kappa shape index (κ1) is 9.69. The second-order valence-corrected chi connectivity index (χ2v) is 17.8. The predicted octanol–water partition coefficient (Wildman–Crippen LogP) is 3.85. The summed E-state index contributed by atoms with van der Waals surface area (Å²) >= 11 is 4.09. The summed E-state index contributed by atoms with van der Waals surface area (Å²) in [5.41, 5.74) is 0.378. The highest BCUT2D eigenvalue weighted by atomic mass is 127. The molecule has 4 heteroatoms. The normalized spacial score (nSPS) is 16.0. The molecule has 50 valence electrons. The third-order valence-corrected chi connectivity index (χ3v) is 8.20. The Morgan fingerprint density at radius 3 is 2.00 bits per heavy atom. The molecule has 0 saturated carbocycles. The Kier molecular flexibility index (Phi) is 4.55. The third-order valence-electron chi connectivity index (χ3n) is 1.10. The molecule has 0 spiro atoms. The van der Waals surface area contributed by atoms with Crippen LogP contribution in [-0.4, -0.2) is 5.66 Å². The molecule has 0 aromatic rings. The van der Waals surface area contributed by atoms with Crippen molar-refractivity contribution in [1.29, 1.82) is 0 Å².